The maximum absolute atomic E-state index is 13.6. The van der Waals surface area contributed by atoms with Crippen LogP contribution in [0, 0.1) is 11.8 Å². The molecule has 3 aromatic rings. The third-order valence-electron chi connectivity index (χ3n) is 7.48. The average Bonchev–Trinajstić information content (AvgIpc) is 3.37. The molecule has 5 rings (SSSR count). The highest BCUT2D eigenvalue weighted by Crippen LogP contribution is 2.48. The third-order valence-corrected chi connectivity index (χ3v) is 7.48. The van der Waals surface area contributed by atoms with Crippen molar-refractivity contribution in [1.82, 2.24) is 24.3 Å². The van der Waals surface area contributed by atoms with Crippen LogP contribution in [0.5, 0.6) is 0 Å². The Morgan fingerprint density at radius 3 is 2.69 bits per heavy atom. The van der Waals surface area contributed by atoms with Gasteiger partial charge in [-0.25, -0.2) is 4.98 Å². The van der Waals surface area contributed by atoms with E-state index in [1.165, 1.54) is 0 Å². The van der Waals surface area contributed by atoms with Gasteiger partial charge >= 0.3 is 0 Å². The molecule has 35 heavy (non-hydrogen) atoms. The summed E-state index contributed by atoms with van der Waals surface area (Å²) >= 11 is 0. The number of amides is 1. The van der Waals surface area contributed by atoms with Crippen molar-refractivity contribution < 1.29 is 9.90 Å². The number of hydrogen-bond donors (Lipinski definition) is 2. The number of nitrogens with zero attached hydrogens (tertiary/aromatic N) is 4. The van der Waals surface area contributed by atoms with Gasteiger partial charge in [0.25, 0.3) is 5.56 Å². The molecule has 0 aliphatic carbocycles. The lowest BCUT2D eigenvalue weighted by Crippen LogP contribution is -2.47. The first-order valence-corrected chi connectivity index (χ1v) is 12.4. The summed E-state index contributed by atoms with van der Waals surface area (Å²) in [5, 5.41) is 13.5. The Bertz CT molecular complexity index is 1250. The van der Waals surface area contributed by atoms with Crippen LogP contribution in [-0.2, 0) is 24.8 Å². The predicted octanol–water partition coefficient (Wildman–Crippen LogP) is 1.98. The molecule has 2 N–H and O–H groups in total. The summed E-state index contributed by atoms with van der Waals surface area (Å²) in [6.45, 7) is 3.81. The van der Waals surface area contributed by atoms with Crippen LogP contribution in [0.3, 0.4) is 0 Å². The molecule has 2 aromatic heterocycles. The molecule has 0 saturated carbocycles. The van der Waals surface area contributed by atoms with E-state index in [4.69, 9.17) is 0 Å². The lowest BCUT2D eigenvalue weighted by molar-refractivity contribution is -0.127. The van der Waals surface area contributed by atoms with Crippen LogP contribution < -0.4 is 10.9 Å². The quantitative estimate of drug-likeness (QED) is 0.520. The van der Waals surface area contributed by atoms with E-state index in [2.05, 4.69) is 22.1 Å². The number of benzene rings is 1. The van der Waals surface area contributed by atoms with Gasteiger partial charge in [-0.05, 0) is 30.7 Å². The molecule has 0 unspecified atom stereocenters. The number of fused-ring (bicyclic) bond motifs is 4. The molecule has 2 bridgehead atoms. The number of aromatic nitrogens is 3. The van der Waals surface area contributed by atoms with E-state index in [-0.39, 0.29) is 36.1 Å². The van der Waals surface area contributed by atoms with Gasteiger partial charge in [0, 0.05) is 62.6 Å². The van der Waals surface area contributed by atoms with Crippen LogP contribution in [-0.4, -0.2) is 55.8 Å². The van der Waals surface area contributed by atoms with Gasteiger partial charge < -0.3 is 19.6 Å². The summed E-state index contributed by atoms with van der Waals surface area (Å²) in [6, 6.07) is 13.3. The monoisotopic (exact) mass is 475 g/mol. The van der Waals surface area contributed by atoms with Crippen molar-refractivity contribution in [3.8, 4) is 11.1 Å². The molecule has 4 atom stereocenters. The van der Waals surface area contributed by atoms with Crippen molar-refractivity contribution >= 4 is 5.91 Å². The third kappa shape index (κ3) is 4.21. The van der Waals surface area contributed by atoms with Crippen LogP contribution in [0.1, 0.15) is 30.8 Å². The van der Waals surface area contributed by atoms with Gasteiger partial charge in [0.1, 0.15) is 0 Å². The lowest BCUT2D eigenvalue weighted by atomic mass is 9.86. The number of imidazole rings is 1. The number of rotatable bonds is 8. The fourth-order valence-electron chi connectivity index (χ4n) is 5.95. The minimum Gasteiger partial charge on any atom is -0.396 e. The number of hydrogen-bond acceptors (Lipinski definition) is 5. The molecule has 1 aromatic carbocycles. The number of carbonyl (C=O) groups excluding carboxylic acids is 1. The van der Waals surface area contributed by atoms with Crippen molar-refractivity contribution in [1.29, 1.82) is 0 Å². The lowest BCUT2D eigenvalue weighted by Gasteiger charge is -2.38. The van der Waals surface area contributed by atoms with Crippen molar-refractivity contribution in [2.24, 2.45) is 18.9 Å². The SMILES string of the molecule is CCCN1[C@@H]2c3ccc(-c4ccccc4)c(=O)n3C[C@H]1[C@H](CO)[C@H]2C(=O)NCCc1cn(C)cn1. The van der Waals surface area contributed by atoms with E-state index >= 15 is 0 Å². The largest absolute Gasteiger partial charge is 0.396 e. The van der Waals surface area contributed by atoms with Crippen molar-refractivity contribution in [3.63, 3.8) is 0 Å². The standard InChI is InChI=1S/C27H33N5O3/c1-3-13-31-23-15-32-22(10-9-20(27(32)35)18-7-5-4-6-8-18)25(31)24(21(23)16-33)26(34)28-12-11-19-14-30(2)17-29-19/h4-10,14,17,21,23-25,33H,3,11-13,15-16H2,1-2H3,(H,28,34)/t21-,23-,24+,25+/m0/s1. The van der Waals surface area contributed by atoms with Crippen LogP contribution in [0.25, 0.3) is 11.1 Å². The van der Waals surface area contributed by atoms with Crippen molar-refractivity contribution in [2.45, 2.75) is 38.4 Å². The number of carbonyl (C=O) groups is 1. The Hall–Kier alpha value is -3.23. The number of aliphatic hydroxyl groups is 1. The minimum absolute atomic E-state index is 0.0345. The summed E-state index contributed by atoms with van der Waals surface area (Å²) in [5.41, 5.74) is 3.30. The van der Waals surface area contributed by atoms with Gasteiger partial charge in [-0.1, -0.05) is 37.3 Å². The van der Waals surface area contributed by atoms with Gasteiger partial charge in [0.2, 0.25) is 5.91 Å². The van der Waals surface area contributed by atoms with E-state index < -0.39 is 5.92 Å². The molecule has 184 valence electrons. The van der Waals surface area contributed by atoms with Gasteiger partial charge in [-0.2, -0.15) is 0 Å². The Morgan fingerprint density at radius 2 is 2.00 bits per heavy atom. The van der Waals surface area contributed by atoms with E-state index in [0.29, 0.717) is 25.1 Å². The molecule has 0 spiro atoms. The number of nitrogens with one attached hydrogen (secondary N) is 1. The number of pyridine rings is 1. The second-order valence-electron chi connectivity index (χ2n) is 9.65. The fourth-order valence-corrected chi connectivity index (χ4v) is 5.95. The summed E-state index contributed by atoms with van der Waals surface area (Å²) in [6.07, 6.45) is 5.28. The minimum atomic E-state index is -0.420. The zero-order chi connectivity index (χ0) is 24.5. The van der Waals surface area contributed by atoms with E-state index in [9.17, 15) is 14.7 Å². The number of aryl methyl sites for hydroxylation is 1. The molecule has 8 heteroatoms. The zero-order valence-corrected chi connectivity index (χ0v) is 20.3. The highest BCUT2D eigenvalue weighted by molar-refractivity contribution is 5.80. The topological polar surface area (TPSA) is 92.4 Å². The smallest absolute Gasteiger partial charge is 0.258 e. The second-order valence-corrected chi connectivity index (χ2v) is 9.65. The average molecular weight is 476 g/mol. The molecular formula is C27H33N5O3. The molecule has 1 amide bonds. The first kappa shape index (κ1) is 23.5. The summed E-state index contributed by atoms with van der Waals surface area (Å²) in [4.78, 5) is 33.8. The van der Waals surface area contributed by atoms with Gasteiger partial charge in [0.05, 0.1) is 24.0 Å². The highest BCUT2D eigenvalue weighted by Gasteiger charge is 2.55. The fraction of sp³-hybridized carbons (Fsp3) is 0.444. The molecule has 2 aliphatic rings. The van der Waals surface area contributed by atoms with Crippen LogP contribution in [0.2, 0.25) is 0 Å². The summed E-state index contributed by atoms with van der Waals surface area (Å²) < 4.78 is 3.73. The van der Waals surface area contributed by atoms with E-state index in [1.807, 2.05) is 64.8 Å². The number of aliphatic hydroxyl groups excluding tert-OH is 1. The van der Waals surface area contributed by atoms with Gasteiger partial charge in [-0.3, -0.25) is 14.5 Å². The van der Waals surface area contributed by atoms with Crippen LogP contribution in [0.4, 0.5) is 0 Å². The Kier molecular flexibility index (Phi) is 6.58. The molecular weight excluding hydrogens is 442 g/mol. The molecule has 1 saturated heterocycles. The Labute approximate surface area is 205 Å². The van der Waals surface area contributed by atoms with Gasteiger partial charge in [-0.15, -0.1) is 0 Å². The first-order chi connectivity index (χ1) is 17.0. The predicted molar refractivity (Wildman–Crippen MR) is 134 cm³/mol. The molecule has 0 radical (unpaired) electrons. The molecule has 2 aliphatic heterocycles. The maximum Gasteiger partial charge on any atom is 0.258 e. The van der Waals surface area contributed by atoms with Crippen LogP contribution in [0.15, 0.2) is 59.8 Å². The normalized spacial score (nSPS) is 23.3. The summed E-state index contributed by atoms with van der Waals surface area (Å²) in [5.74, 6) is -0.724. The van der Waals surface area contributed by atoms with Crippen LogP contribution >= 0.6 is 0 Å². The molecule has 1 fully saturated rings. The van der Waals surface area contributed by atoms with Crippen molar-refractivity contribution in [2.75, 3.05) is 19.7 Å². The maximum atomic E-state index is 13.6. The highest BCUT2D eigenvalue weighted by atomic mass is 16.3. The second kappa shape index (κ2) is 9.79. The summed E-state index contributed by atoms with van der Waals surface area (Å²) in [7, 11) is 1.92. The van der Waals surface area contributed by atoms with Gasteiger partial charge in [0.15, 0.2) is 0 Å². The Balaban J connectivity index is 1.46. The van der Waals surface area contributed by atoms with E-state index in [0.717, 1.165) is 29.9 Å². The molecule has 8 nitrogen and oxygen atoms in total. The first-order valence-electron chi connectivity index (χ1n) is 12.4. The Morgan fingerprint density at radius 1 is 1.20 bits per heavy atom. The van der Waals surface area contributed by atoms with Crippen molar-refractivity contribution in [3.05, 3.63) is 76.7 Å². The zero-order valence-electron chi connectivity index (χ0n) is 20.3. The molecule has 4 heterocycles. The van der Waals surface area contributed by atoms with E-state index in [1.54, 1.807) is 6.33 Å².